The molecule has 0 unspecified atom stereocenters. The lowest BCUT2D eigenvalue weighted by Gasteiger charge is -2.36. The maximum absolute atomic E-state index is 15.2. The maximum atomic E-state index is 15.2. The van der Waals surface area contributed by atoms with Crippen LogP contribution in [0.15, 0.2) is 41.7 Å². The van der Waals surface area contributed by atoms with E-state index in [9.17, 15) is 4.39 Å². The van der Waals surface area contributed by atoms with E-state index in [1.807, 2.05) is 45.2 Å². The topological polar surface area (TPSA) is 69.5 Å². The molecule has 0 radical (unpaired) electrons. The molecule has 7 nitrogen and oxygen atoms in total. The quantitative estimate of drug-likeness (QED) is 0.350. The smallest absolute Gasteiger partial charge is 0.229 e. The van der Waals surface area contributed by atoms with Crippen LogP contribution in [-0.2, 0) is 5.41 Å². The summed E-state index contributed by atoms with van der Waals surface area (Å²) in [6, 6.07) is 7.12. The Balaban J connectivity index is 0.00000148. The number of anilines is 3. The third-order valence-corrected chi connectivity index (χ3v) is 8.96. The highest BCUT2D eigenvalue weighted by Crippen LogP contribution is 2.52. The van der Waals surface area contributed by atoms with Crippen LogP contribution in [-0.4, -0.2) is 58.3 Å². The van der Waals surface area contributed by atoms with Crippen LogP contribution >= 0.6 is 0 Å². The Morgan fingerprint density at radius 1 is 0.951 bits per heavy atom. The Labute approximate surface area is 241 Å². The van der Waals surface area contributed by atoms with Crippen molar-refractivity contribution < 1.29 is 8.78 Å². The lowest BCUT2D eigenvalue weighted by atomic mass is 9.76. The summed E-state index contributed by atoms with van der Waals surface area (Å²) in [5, 5.41) is 3.09. The molecule has 216 valence electrons. The van der Waals surface area contributed by atoms with Gasteiger partial charge in [0.05, 0.1) is 18.1 Å². The van der Waals surface area contributed by atoms with E-state index in [1.54, 1.807) is 0 Å². The van der Waals surface area contributed by atoms with Gasteiger partial charge in [0, 0.05) is 49.4 Å². The average Bonchev–Trinajstić information content (AvgIpc) is 3.59. The number of aromatic nitrogens is 3. The molecular weight excluding hydrogens is 520 g/mol. The van der Waals surface area contributed by atoms with E-state index in [1.165, 1.54) is 25.5 Å². The highest BCUT2D eigenvalue weighted by atomic mass is 19.1. The molecule has 0 bridgehead atoms. The maximum Gasteiger partial charge on any atom is 0.229 e. The minimum Gasteiger partial charge on any atom is -0.368 e. The fraction of sp³-hybridized carbons (Fsp3) is 0.500. The van der Waals surface area contributed by atoms with Crippen molar-refractivity contribution in [2.75, 3.05) is 42.9 Å². The average molecular weight is 560 g/mol. The van der Waals surface area contributed by atoms with Gasteiger partial charge in [0.15, 0.2) is 5.82 Å². The van der Waals surface area contributed by atoms with Gasteiger partial charge in [-0.15, -0.1) is 0 Å². The molecule has 2 aromatic heterocycles. The molecule has 7 rings (SSSR count). The predicted molar refractivity (Wildman–Crippen MR) is 161 cm³/mol. The summed E-state index contributed by atoms with van der Waals surface area (Å²) in [5.41, 5.74) is 3.49. The molecule has 4 heterocycles. The number of fused-ring (bicyclic) bond motifs is 2. The zero-order valence-electron chi connectivity index (χ0n) is 24.3. The summed E-state index contributed by atoms with van der Waals surface area (Å²) in [5.74, 6) is 0.660. The number of nitrogens with one attached hydrogen (secondary N) is 1. The van der Waals surface area contributed by atoms with Crippen LogP contribution in [0.4, 0.5) is 31.9 Å². The lowest BCUT2D eigenvalue weighted by molar-refractivity contribution is 0.248. The van der Waals surface area contributed by atoms with E-state index in [0.717, 1.165) is 80.9 Å². The van der Waals surface area contributed by atoms with Crippen LogP contribution in [0.25, 0.3) is 11.3 Å². The van der Waals surface area contributed by atoms with Crippen LogP contribution in [0.3, 0.4) is 0 Å². The fourth-order valence-electron chi connectivity index (χ4n) is 6.54. The summed E-state index contributed by atoms with van der Waals surface area (Å²) in [6.45, 7) is 11.4. The van der Waals surface area contributed by atoms with Gasteiger partial charge < -0.3 is 10.2 Å². The first-order chi connectivity index (χ1) is 20.0. The Hall–Kier alpha value is -3.46. The SMILES string of the molecule is CC.CC1=Nc2c(F)cc(-c3nc(Nc4ccc(N5CCN(CC6CC6)CC5)cn4)ncc3F)cc2C12CCCC2. The highest BCUT2D eigenvalue weighted by Gasteiger charge is 2.44. The molecule has 2 aliphatic carbocycles. The molecule has 9 heteroatoms. The van der Waals surface area contributed by atoms with Crippen molar-refractivity contribution in [1.29, 1.82) is 0 Å². The van der Waals surface area contributed by atoms with Crippen molar-refractivity contribution in [2.45, 2.75) is 64.7 Å². The minimum absolute atomic E-state index is 0.0626. The fourth-order valence-corrected chi connectivity index (χ4v) is 6.54. The largest absolute Gasteiger partial charge is 0.368 e. The van der Waals surface area contributed by atoms with Gasteiger partial charge in [-0.05, 0) is 68.4 Å². The van der Waals surface area contributed by atoms with Crippen LogP contribution in [0.2, 0.25) is 0 Å². The van der Waals surface area contributed by atoms with Gasteiger partial charge in [0.25, 0.3) is 0 Å². The number of piperazine rings is 1. The summed E-state index contributed by atoms with van der Waals surface area (Å²) < 4.78 is 30.1. The Morgan fingerprint density at radius 3 is 2.39 bits per heavy atom. The van der Waals surface area contributed by atoms with Crippen molar-refractivity contribution >= 4 is 28.9 Å². The van der Waals surface area contributed by atoms with Crippen LogP contribution in [0.1, 0.15) is 64.9 Å². The van der Waals surface area contributed by atoms with Crippen molar-refractivity contribution in [2.24, 2.45) is 10.9 Å². The number of hydrogen-bond acceptors (Lipinski definition) is 7. The van der Waals surface area contributed by atoms with Crippen LogP contribution < -0.4 is 10.2 Å². The number of benzene rings is 1. The number of pyridine rings is 1. The van der Waals surface area contributed by atoms with Gasteiger partial charge in [0.2, 0.25) is 5.95 Å². The third-order valence-electron chi connectivity index (χ3n) is 8.96. The molecule has 41 heavy (non-hydrogen) atoms. The number of nitrogens with zero attached hydrogens (tertiary/aromatic N) is 6. The Kier molecular flexibility index (Phi) is 7.72. The highest BCUT2D eigenvalue weighted by molar-refractivity contribution is 6.01. The van der Waals surface area contributed by atoms with Crippen molar-refractivity contribution in [3.05, 3.63) is 53.9 Å². The first-order valence-corrected chi connectivity index (χ1v) is 15.1. The van der Waals surface area contributed by atoms with Gasteiger partial charge in [-0.3, -0.25) is 9.89 Å². The van der Waals surface area contributed by atoms with E-state index >= 15 is 4.39 Å². The molecule has 0 atom stereocenters. The second kappa shape index (κ2) is 11.4. The summed E-state index contributed by atoms with van der Waals surface area (Å²) >= 11 is 0. The molecule has 1 aromatic carbocycles. The second-order valence-corrected chi connectivity index (χ2v) is 11.5. The molecule has 3 aromatic rings. The van der Waals surface area contributed by atoms with Gasteiger partial charge in [-0.1, -0.05) is 26.7 Å². The minimum atomic E-state index is -0.597. The van der Waals surface area contributed by atoms with Crippen LogP contribution in [0.5, 0.6) is 0 Å². The van der Waals surface area contributed by atoms with E-state index in [0.29, 0.717) is 17.1 Å². The van der Waals surface area contributed by atoms with Crippen molar-refractivity contribution in [3.8, 4) is 11.3 Å². The number of rotatable bonds is 6. The first-order valence-electron chi connectivity index (χ1n) is 15.1. The van der Waals surface area contributed by atoms with Crippen molar-refractivity contribution in [1.82, 2.24) is 19.9 Å². The normalized spacial score (nSPS) is 19.5. The van der Waals surface area contributed by atoms with E-state index < -0.39 is 11.6 Å². The molecule has 1 saturated heterocycles. The Bertz CT molecular complexity index is 1420. The van der Waals surface area contributed by atoms with Crippen molar-refractivity contribution in [3.63, 3.8) is 0 Å². The molecule has 4 aliphatic rings. The zero-order chi connectivity index (χ0) is 28.6. The molecule has 3 fully saturated rings. The van der Waals surface area contributed by atoms with Crippen LogP contribution in [0, 0.1) is 17.6 Å². The van der Waals surface area contributed by atoms with E-state index in [4.69, 9.17) is 0 Å². The summed E-state index contributed by atoms with van der Waals surface area (Å²) in [6.07, 6.45) is 9.78. The zero-order valence-corrected chi connectivity index (χ0v) is 24.3. The number of aliphatic imine (C=N–C) groups is 1. The summed E-state index contributed by atoms with van der Waals surface area (Å²) in [4.78, 5) is 22.6. The molecule has 1 N–H and O–H groups in total. The lowest BCUT2D eigenvalue weighted by Crippen LogP contribution is -2.47. The van der Waals surface area contributed by atoms with Gasteiger partial charge >= 0.3 is 0 Å². The molecular formula is C32H39F2N7. The Morgan fingerprint density at radius 2 is 1.71 bits per heavy atom. The number of hydrogen-bond donors (Lipinski definition) is 1. The second-order valence-electron chi connectivity index (χ2n) is 11.5. The summed E-state index contributed by atoms with van der Waals surface area (Å²) in [7, 11) is 0. The van der Waals surface area contributed by atoms with E-state index in [-0.39, 0.29) is 17.1 Å². The number of halogens is 2. The predicted octanol–water partition coefficient (Wildman–Crippen LogP) is 7.04. The first kappa shape index (κ1) is 27.7. The van der Waals surface area contributed by atoms with Gasteiger partial charge in [-0.2, -0.15) is 0 Å². The van der Waals surface area contributed by atoms with E-state index in [2.05, 4.69) is 35.1 Å². The van der Waals surface area contributed by atoms with Gasteiger partial charge in [0.1, 0.15) is 23.0 Å². The standard InChI is InChI=1S/C30H33F2N7.C2H6/c1-19-30(8-2-3-9-30)23-14-21(15-24(31)28(23)35-19)27-25(32)17-34-29(37-27)36-26-7-6-22(16-33-26)39-12-10-38(11-13-39)18-20-4-5-20;1-2/h6-7,14-17,20H,2-5,8-13,18H2,1H3,(H,33,34,36,37);1-2H3. The molecule has 1 spiro atoms. The monoisotopic (exact) mass is 559 g/mol. The molecule has 2 saturated carbocycles. The third kappa shape index (κ3) is 5.44. The van der Waals surface area contributed by atoms with Gasteiger partial charge in [-0.25, -0.2) is 23.7 Å². The molecule has 2 aliphatic heterocycles. The molecule has 0 amide bonds.